The molecule has 4 nitrogen and oxygen atoms in total. The molecule has 1 atom stereocenters. The van der Waals surface area contributed by atoms with Crippen molar-refractivity contribution in [1.29, 1.82) is 0 Å². The van der Waals surface area contributed by atoms with Gasteiger partial charge in [0, 0.05) is 13.0 Å². The quantitative estimate of drug-likeness (QED) is 0.898. The van der Waals surface area contributed by atoms with Gasteiger partial charge in [0.05, 0.1) is 6.67 Å². The summed E-state index contributed by atoms with van der Waals surface area (Å²) in [5.41, 5.74) is 0.0562. The van der Waals surface area contributed by atoms with Gasteiger partial charge in [-0.3, -0.25) is 14.0 Å². The van der Waals surface area contributed by atoms with Gasteiger partial charge in [-0.05, 0) is 25.8 Å². The Morgan fingerprint density at radius 1 is 1.24 bits per heavy atom. The standard InChI is InChI=1S/C16H21FN2O2/c1-16(2)15(21)18-13(11-12-7-4-3-5-8-12)14(20)19(16)10-6-9-17/h3-5,7-8,13H,6,9-11H2,1-2H3,(H,18,21). The Labute approximate surface area is 124 Å². The fourth-order valence-corrected chi connectivity index (χ4v) is 2.58. The van der Waals surface area contributed by atoms with Crippen LogP contribution in [0.2, 0.25) is 0 Å². The number of hydrogen-bond acceptors (Lipinski definition) is 2. The van der Waals surface area contributed by atoms with E-state index in [4.69, 9.17) is 0 Å². The van der Waals surface area contributed by atoms with Crippen LogP contribution < -0.4 is 5.32 Å². The van der Waals surface area contributed by atoms with Crippen LogP contribution in [0, 0.1) is 0 Å². The van der Waals surface area contributed by atoms with Crippen LogP contribution in [0.1, 0.15) is 25.8 Å². The van der Waals surface area contributed by atoms with E-state index < -0.39 is 18.3 Å². The van der Waals surface area contributed by atoms with E-state index in [-0.39, 0.29) is 24.8 Å². The number of nitrogens with zero attached hydrogens (tertiary/aromatic N) is 1. The monoisotopic (exact) mass is 292 g/mol. The van der Waals surface area contributed by atoms with Crippen molar-refractivity contribution >= 4 is 11.8 Å². The number of alkyl halides is 1. The molecule has 1 saturated heterocycles. The maximum Gasteiger partial charge on any atom is 0.246 e. The minimum Gasteiger partial charge on any atom is -0.342 e. The average Bonchev–Trinajstić information content (AvgIpc) is 2.46. The molecule has 2 amide bonds. The van der Waals surface area contributed by atoms with Crippen molar-refractivity contribution in [1.82, 2.24) is 10.2 Å². The minimum absolute atomic E-state index is 0.142. The molecule has 0 spiro atoms. The number of carbonyl (C=O) groups excluding carboxylic acids is 2. The zero-order valence-electron chi connectivity index (χ0n) is 12.4. The Kier molecular flexibility index (Phi) is 4.60. The first-order chi connectivity index (χ1) is 9.96. The molecular weight excluding hydrogens is 271 g/mol. The number of nitrogens with one attached hydrogen (secondary N) is 1. The molecule has 2 rings (SSSR count). The second-order valence-electron chi connectivity index (χ2n) is 5.81. The van der Waals surface area contributed by atoms with Crippen LogP contribution in [-0.2, 0) is 16.0 Å². The molecular formula is C16H21FN2O2. The number of benzene rings is 1. The Hall–Kier alpha value is -1.91. The molecule has 1 aliphatic heterocycles. The highest BCUT2D eigenvalue weighted by atomic mass is 19.1. The summed E-state index contributed by atoms with van der Waals surface area (Å²) in [5.74, 6) is -0.334. The van der Waals surface area contributed by atoms with Crippen LogP contribution in [-0.4, -0.2) is 41.5 Å². The summed E-state index contributed by atoms with van der Waals surface area (Å²) in [4.78, 5) is 26.3. The van der Waals surface area contributed by atoms with Crippen molar-refractivity contribution in [3.63, 3.8) is 0 Å². The number of rotatable bonds is 5. The topological polar surface area (TPSA) is 49.4 Å². The largest absolute Gasteiger partial charge is 0.342 e. The van der Waals surface area contributed by atoms with Gasteiger partial charge in [0.2, 0.25) is 11.8 Å². The predicted molar refractivity (Wildman–Crippen MR) is 78.5 cm³/mol. The second-order valence-corrected chi connectivity index (χ2v) is 5.81. The number of piperazine rings is 1. The predicted octanol–water partition coefficient (Wildman–Crippen LogP) is 1.69. The van der Waals surface area contributed by atoms with E-state index in [9.17, 15) is 14.0 Å². The lowest BCUT2D eigenvalue weighted by Crippen LogP contribution is -2.68. The van der Waals surface area contributed by atoms with Crippen molar-refractivity contribution < 1.29 is 14.0 Å². The smallest absolute Gasteiger partial charge is 0.246 e. The summed E-state index contributed by atoms with van der Waals surface area (Å²) in [6.07, 6.45) is 0.703. The lowest BCUT2D eigenvalue weighted by atomic mass is 9.93. The second kappa shape index (κ2) is 6.24. The Balaban J connectivity index is 2.17. The fraction of sp³-hybridized carbons (Fsp3) is 0.500. The molecule has 5 heteroatoms. The van der Waals surface area contributed by atoms with Crippen molar-refractivity contribution in [2.45, 2.75) is 38.3 Å². The van der Waals surface area contributed by atoms with Gasteiger partial charge < -0.3 is 10.2 Å². The van der Waals surface area contributed by atoms with Gasteiger partial charge in [0.25, 0.3) is 0 Å². The third kappa shape index (κ3) is 3.23. The lowest BCUT2D eigenvalue weighted by Gasteiger charge is -2.44. The lowest BCUT2D eigenvalue weighted by molar-refractivity contribution is -0.155. The van der Waals surface area contributed by atoms with E-state index in [1.54, 1.807) is 13.8 Å². The first kappa shape index (κ1) is 15.5. The van der Waals surface area contributed by atoms with Gasteiger partial charge in [0.1, 0.15) is 11.6 Å². The van der Waals surface area contributed by atoms with Crippen LogP contribution in [0.15, 0.2) is 30.3 Å². The third-order valence-corrected chi connectivity index (χ3v) is 3.90. The molecule has 114 valence electrons. The molecule has 1 fully saturated rings. The number of carbonyl (C=O) groups is 2. The minimum atomic E-state index is -0.931. The van der Waals surface area contributed by atoms with E-state index in [1.165, 1.54) is 4.90 Å². The molecule has 1 N–H and O–H groups in total. The highest BCUT2D eigenvalue weighted by molar-refractivity contribution is 5.99. The zero-order valence-corrected chi connectivity index (χ0v) is 12.4. The van der Waals surface area contributed by atoms with Gasteiger partial charge in [-0.15, -0.1) is 0 Å². The highest BCUT2D eigenvalue weighted by Gasteiger charge is 2.45. The number of halogens is 1. The van der Waals surface area contributed by atoms with Crippen molar-refractivity contribution in [2.75, 3.05) is 13.2 Å². The van der Waals surface area contributed by atoms with Crippen LogP contribution in [0.3, 0.4) is 0 Å². The van der Waals surface area contributed by atoms with E-state index in [0.717, 1.165) is 5.56 Å². The molecule has 1 aromatic rings. The van der Waals surface area contributed by atoms with E-state index in [1.807, 2.05) is 30.3 Å². The van der Waals surface area contributed by atoms with Crippen LogP contribution in [0.4, 0.5) is 4.39 Å². The van der Waals surface area contributed by atoms with Gasteiger partial charge in [-0.25, -0.2) is 0 Å². The molecule has 1 unspecified atom stereocenters. The van der Waals surface area contributed by atoms with Gasteiger partial charge >= 0.3 is 0 Å². The molecule has 1 heterocycles. The van der Waals surface area contributed by atoms with Gasteiger partial charge in [0.15, 0.2) is 0 Å². The van der Waals surface area contributed by atoms with E-state index >= 15 is 0 Å². The maximum atomic E-state index is 12.6. The van der Waals surface area contributed by atoms with Crippen LogP contribution in [0.25, 0.3) is 0 Å². The zero-order chi connectivity index (χ0) is 15.5. The molecule has 0 aromatic heterocycles. The summed E-state index contributed by atoms with van der Waals surface area (Å²) < 4.78 is 12.4. The molecule has 21 heavy (non-hydrogen) atoms. The first-order valence-corrected chi connectivity index (χ1v) is 7.19. The average molecular weight is 292 g/mol. The molecule has 0 radical (unpaired) electrons. The maximum absolute atomic E-state index is 12.6. The first-order valence-electron chi connectivity index (χ1n) is 7.19. The summed E-state index contributed by atoms with van der Waals surface area (Å²) >= 11 is 0. The summed E-state index contributed by atoms with van der Waals surface area (Å²) in [7, 11) is 0. The molecule has 1 aromatic carbocycles. The Morgan fingerprint density at radius 3 is 2.52 bits per heavy atom. The SMILES string of the molecule is CC1(C)C(=O)NC(Cc2ccccc2)C(=O)N1CCCF. The van der Waals surface area contributed by atoms with Crippen molar-refractivity contribution in [3.8, 4) is 0 Å². The normalized spacial score (nSPS) is 21.3. The van der Waals surface area contributed by atoms with Gasteiger partial charge in [-0.2, -0.15) is 0 Å². The third-order valence-electron chi connectivity index (χ3n) is 3.90. The molecule has 0 saturated carbocycles. The molecule has 1 aliphatic rings. The van der Waals surface area contributed by atoms with Crippen LogP contribution in [0.5, 0.6) is 0 Å². The highest BCUT2D eigenvalue weighted by Crippen LogP contribution is 2.22. The summed E-state index contributed by atoms with van der Waals surface area (Å²) in [6.45, 7) is 3.15. The fourth-order valence-electron chi connectivity index (χ4n) is 2.58. The summed E-state index contributed by atoms with van der Waals surface area (Å²) in [6, 6.07) is 8.97. The Morgan fingerprint density at radius 2 is 1.90 bits per heavy atom. The van der Waals surface area contributed by atoms with Crippen LogP contribution >= 0.6 is 0 Å². The summed E-state index contributed by atoms with van der Waals surface area (Å²) in [5, 5.41) is 2.79. The van der Waals surface area contributed by atoms with E-state index in [2.05, 4.69) is 5.32 Å². The number of amides is 2. The molecule has 0 bridgehead atoms. The molecule has 0 aliphatic carbocycles. The van der Waals surface area contributed by atoms with E-state index in [0.29, 0.717) is 6.42 Å². The van der Waals surface area contributed by atoms with Gasteiger partial charge in [-0.1, -0.05) is 30.3 Å². The van der Waals surface area contributed by atoms with Crippen molar-refractivity contribution in [2.24, 2.45) is 0 Å². The number of hydrogen-bond donors (Lipinski definition) is 1. The Bertz CT molecular complexity index is 516. The van der Waals surface area contributed by atoms with Crippen molar-refractivity contribution in [3.05, 3.63) is 35.9 Å².